The lowest BCUT2D eigenvalue weighted by atomic mass is 10.1. The largest absolute Gasteiger partial charge is 0.354 e. The topological polar surface area (TPSA) is 41.1 Å². The summed E-state index contributed by atoms with van der Waals surface area (Å²) in [5, 5.41) is 6.17. The highest BCUT2D eigenvalue weighted by Crippen LogP contribution is 2.09. The lowest BCUT2D eigenvalue weighted by Crippen LogP contribution is -2.32. The molecule has 1 aromatic carbocycles. The molecule has 3 heteroatoms. The van der Waals surface area contributed by atoms with Gasteiger partial charge in [-0.2, -0.15) is 0 Å². The van der Waals surface area contributed by atoms with Crippen molar-refractivity contribution in [2.45, 2.75) is 46.7 Å². The Morgan fingerprint density at radius 2 is 1.94 bits per heavy atom. The van der Waals surface area contributed by atoms with Crippen LogP contribution in [0, 0.1) is 13.8 Å². The zero-order valence-corrected chi connectivity index (χ0v) is 11.8. The highest BCUT2D eigenvalue weighted by atomic mass is 16.1. The summed E-state index contributed by atoms with van der Waals surface area (Å²) in [6.07, 6.45) is 0.531. The maximum Gasteiger partial charge on any atom is 0.221 e. The van der Waals surface area contributed by atoms with Crippen LogP contribution in [-0.2, 0) is 11.3 Å². The molecule has 1 amide bonds. The number of carbonyl (C=O) groups is 1. The molecule has 0 aliphatic carbocycles. The molecule has 3 nitrogen and oxygen atoms in total. The third-order valence-electron chi connectivity index (χ3n) is 2.88. The van der Waals surface area contributed by atoms with Crippen molar-refractivity contribution in [2.24, 2.45) is 0 Å². The van der Waals surface area contributed by atoms with Crippen molar-refractivity contribution in [1.82, 2.24) is 10.6 Å². The van der Waals surface area contributed by atoms with Crippen LogP contribution >= 0.6 is 0 Å². The van der Waals surface area contributed by atoms with Crippen molar-refractivity contribution in [1.29, 1.82) is 0 Å². The SMILES string of the molecule is Cc1ccc(CNCCC(=O)NC(C)C)cc1C. The third kappa shape index (κ3) is 5.32. The summed E-state index contributed by atoms with van der Waals surface area (Å²) in [5.41, 5.74) is 3.89. The second-order valence-electron chi connectivity index (χ2n) is 5.07. The van der Waals surface area contributed by atoms with Gasteiger partial charge in [-0.25, -0.2) is 0 Å². The highest BCUT2D eigenvalue weighted by Gasteiger charge is 2.02. The van der Waals surface area contributed by atoms with Gasteiger partial charge in [0.05, 0.1) is 0 Å². The van der Waals surface area contributed by atoms with Crippen molar-refractivity contribution < 1.29 is 4.79 Å². The van der Waals surface area contributed by atoms with E-state index in [1.165, 1.54) is 16.7 Å². The number of benzene rings is 1. The molecule has 18 heavy (non-hydrogen) atoms. The standard InChI is InChI=1S/C15H24N2O/c1-11(2)17-15(18)7-8-16-10-14-6-5-12(3)13(4)9-14/h5-6,9,11,16H,7-8,10H2,1-4H3,(H,17,18). The summed E-state index contributed by atoms with van der Waals surface area (Å²) in [6.45, 7) is 9.71. The van der Waals surface area contributed by atoms with E-state index in [4.69, 9.17) is 0 Å². The van der Waals surface area contributed by atoms with Crippen molar-refractivity contribution in [3.63, 3.8) is 0 Å². The third-order valence-corrected chi connectivity index (χ3v) is 2.88. The zero-order chi connectivity index (χ0) is 13.5. The maximum absolute atomic E-state index is 11.4. The van der Waals surface area contributed by atoms with Crippen LogP contribution in [0.15, 0.2) is 18.2 Å². The molecule has 0 fully saturated rings. The fourth-order valence-electron chi connectivity index (χ4n) is 1.74. The van der Waals surface area contributed by atoms with Crippen LogP contribution in [-0.4, -0.2) is 18.5 Å². The fraction of sp³-hybridized carbons (Fsp3) is 0.533. The summed E-state index contributed by atoms with van der Waals surface area (Å²) in [6, 6.07) is 6.68. The Morgan fingerprint density at radius 3 is 2.56 bits per heavy atom. The minimum atomic E-state index is 0.109. The minimum Gasteiger partial charge on any atom is -0.354 e. The van der Waals surface area contributed by atoms with Crippen molar-refractivity contribution >= 4 is 5.91 Å². The minimum absolute atomic E-state index is 0.109. The molecule has 0 bridgehead atoms. The summed E-state index contributed by atoms with van der Waals surface area (Å²) >= 11 is 0. The van der Waals surface area contributed by atoms with Crippen LogP contribution in [0.2, 0.25) is 0 Å². The summed E-state index contributed by atoms with van der Waals surface area (Å²) < 4.78 is 0. The monoisotopic (exact) mass is 248 g/mol. The summed E-state index contributed by atoms with van der Waals surface area (Å²) in [5.74, 6) is 0.109. The summed E-state index contributed by atoms with van der Waals surface area (Å²) in [4.78, 5) is 11.4. The van der Waals surface area contributed by atoms with Gasteiger partial charge >= 0.3 is 0 Å². The van der Waals surface area contributed by atoms with Crippen LogP contribution in [0.1, 0.15) is 37.0 Å². The number of rotatable bonds is 6. The van der Waals surface area contributed by atoms with Gasteiger partial charge in [-0.05, 0) is 44.4 Å². The van der Waals surface area contributed by atoms with E-state index < -0.39 is 0 Å². The predicted molar refractivity (Wildman–Crippen MR) is 75.5 cm³/mol. The molecule has 0 unspecified atom stereocenters. The van der Waals surface area contributed by atoms with Crippen LogP contribution in [0.3, 0.4) is 0 Å². The lowest BCUT2D eigenvalue weighted by Gasteiger charge is -2.09. The van der Waals surface area contributed by atoms with Gasteiger partial charge in [0.1, 0.15) is 0 Å². The molecule has 0 aromatic heterocycles. The molecule has 100 valence electrons. The van der Waals surface area contributed by atoms with Gasteiger partial charge in [0.15, 0.2) is 0 Å². The lowest BCUT2D eigenvalue weighted by molar-refractivity contribution is -0.121. The average Bonchev–Trinajstić information content (AvgIpc) is 2.28. The molecule has 0 spiro atoms. The zero-order valence-electron chi connectivity index (χ0n) is 11.8. The smallest absolute Gasteiger partial charge is 0.221 e. The van der Waals surface area contributed by atoms with Crippen LogP contribution in [0.4, 0.5) is 0 Å². The molecule has 1 rings (SSSR count). The Balaban J connectivity index is 2.25. The molecular weight excluding hydrogens is 224 g/mol. The Hall–Kier alpha value is -1.35. The molecule has 0 aliphatic heterocycles. The number of aryl methyl sites for hydroxylation is 2. The molecule has 0 heterocycles. The van der Waals surface area contributed by atoms with Crippen LogP contribution < -0.4 is 10.6 Å². The van der Waals surface area contributed by atoms with Gasteiger partial charge in [-0.3, -0.25) is 4.79 Å². The van der Waals surface area contributed by atoms with Gasteiger partial charge in [0.25, 0.3) is 0 Å². The number of nitrogens with one attached hydrogen (secondary N) is 2. The Morgan fingerprint density at radius 1 is 1.22 bits per heavy atom. The van der Waals surface area contributed by atoms with Crippen molar-refractivity contribution in [3.8, 4) is 0 Å². The molecule has 0 saturated carbocycles. The van der Waals surface area contributed by atoms with Gasteiger partial charge in [-0.15, -0.1) is 0 Å². The second-order valence-corrected chi connectivity index (χ2v) is 5.07. The van der Waals surface area contributed by atoms with Crippen LogP contribution in [0.25, 0.3) is 0 Å². The predicted octanol–water partition coefficient (Wildman–Crippen LogP) is 2.31. The van der Waals surface area contributed by atoms with E-state index >= 15 is 0 Å². The Labute approximate surface area is 110 Å². The number of amides is 1. The first-order chi connectivity index (χ1) is 8.49. The normalized spacial score (nSPS) is 10.7. The molecule has 0 radical (unpaired) electrons. The molecule has 0 aliphatic rings. The van der Waals surface area contributed by atoms with E-state index in [0.717, 1.165) is 6.54 Å². The van der Waals surface area contributed by atoms with E-state index in [0.29, 0.717) is 13.0 Å². The first-order valence-corrected chi connectivity index (χ1v) is 6.55. The molecule has 1 aromatic rings. The van der Waals surface area contributed by atoms with E-state index in [2.05, 4.69) is 42.7 Å². The van der Waals surface area contributed by atoms with E-state index in [1.54, 1.807) is 0 Å². The number of carbonyl (C=O) groups excluding carboxylic acids is 1. The molecular formula is C15H24N2O. The van der Waals surface area contributed by atoms with Crippen LogP contribution in [0.5, 0.6) is 0 Å². The number of hydrogen-bond donors (Lipinski definition) is 2. The summed E-state index contributed by atoms with van der Waals surface area (Å²) in [7, 11) is 0. The van der Waals surface area contributed by atoms with Crippen molar-refractivity contribution in [3.05, 3.63) is 34.9 Å². The molecule has 0 saturated heterocycles. The van der Waals surface area contributed by atoms with E-state index in [9.17, 15) is 4.79 Å². The average molecular weight is 248 g/mol. The van der Waals surface area contributed by atoms with Gasteiger partial charge in [0, 0.05) is 25.6 Å². The fourth-order valence-corrected chi connectivity index (χ4v) is 1.74. The van der Waals surface area contributed by atoms with Gasteiger partial charge in [-0.1, -0.05) is 18.2 Å². The number of hydrogen-bond acceptors (Lipinski definition) is 2. The van der Waals surface area contributed by atoms with E-state index in [1.807, 2.05) is 13.8 Å². The Kier molecular flexibility index (Phi) is 5.86. The maximum atomic E-state index is 11.4. The first kappa shape index (κ1) is 14.7. The van der Waals surface area contributed by atoms with Crippen molar-refractivity contribution in [2.75, 3.05) is 6.54 Å². The highest BCUT2D eigenvalue weighted by molar-refractivity contribution is 5.76. The van der Waals surface area contributed by atoms with Gasteiger partial charge in [0.2, 0.25) is 5.91 Å². The molecule has 0 atom stereocenters. The second kappa shape index (κ2) is 7.17. The Bertz CT molecular complexity index is 399. The van der Waals surface area contributed by atoms with Gasteiger partial charge < -0.3 is 10.6 Å². The first-order valence-electron chi connectivity index (χ1n) is 6.55. The quantitative estimate of drug-likeness (QED) is 0.759. The molecule has 2 N–H and O–H groups in total. The van der Waals surface area contributed by atoms with E-state index in [-0.39, 0.29) is 11.9 Å².